The Morgan fingerprint density at radius 1 is 1.45 bits per heavy atom. The average molecular weight is 280 g/mol. The average Bonchev–Trinajstić information content (AvgIpc) is 2.47. The minimum absolute atomic E-state index is 0.0281. The van der Waals surface area contributed by atoms with Crippen LogP contribution >= 0.6 is 0 Å². The number of carbonyl (C=O) groups excluding carboxylic acids is 1. The highest BCUT2D eigenvalue weighted by Gasteiger charge is 2.21. The van der Waals surface area contributed by atoms with Crippen LogP contribution < -0.4 is 10.6 Å². The van der Waals surface area contributed by atoms with E-state index in [1.165, 1.54) is 6.07 Å². The summed E-state index contributed by atoms with van der Waals surface area (Å²) in [6.45, 7) is 4.61. The van der Waals surface area contributed by atoms with Gasteiger partial charge in [0.15, 0.2) is 0 Å². The summed E-state index contributed by atoms with van der Waals surface area (Å²) < 4.78 is 0. The van der Waals surface area contributed by atoms with Crippen molar-refractivity contribution < 1.29 is 9.72 Å². The lowest BCUT2D eigenvalue weighted by Crippen LogP contribution is -2.29. The van der Waals surface area contributed by atoms with Crippen LogP contribution in [0.1, 0.15) is 37.0 Å². The highest BCUT2D eigenvalue weighted by molar-refractivity contribution is 5.98. The van der Waals surface area contributed by atoms with E-state index >= 15 is 0 Å². The molecule has 0 bridgehead atoms. The van der Waals surface area contributed by atoms with Gasteiger partial charge in [0.1, 0.15) is 17.6 Å². The lowest BCUT2D eigenvalue weighted by atomic mass is 10.0. The molecule has 110 valence electrons. The second kappa shape index (κ2) is 7.42. The topological polar surface area (TPSA) is 97.2 Å². The molecule has 1 aromatic rings. The van der Waals surface area contributed by atoms with Gasteiger partial charge < -0.3 is 10.6 Å². The maximum atomic E-state index is 12.1. The zero-order chi connectivity index (χ0) is 15.1. The first-order chi connectivity index (χ1) is 9.53. The molecule has 0 aliphatic rings. The van der Waals surface area contributed by atoms with Crippen molar-refractivity contribution in [2.75, 3.05) is 18.9 Å². The van der Waals surface area contributed by atoms with Gasteiger partial charge in [0, 0.05) is 19.7 Å². The highest BCUT2D eigenvalue weighted by atomic mass is 16.6. The fraction of sp³-hybridized carbons (Fsp3) is 0.538. The molecule has 0 aliphatic heterocycles. The van der Waals surface area contributed by atoms with Gasteiger partial charge in [-0.1, -0.05) is 26.7 Å². The molecule has 7 heteroatoms. The Hall–Kier alpha value is -2.18. The maximum absolute atomic E-state index is 12.1. The minimum Gasteiger partial charge on any atom is -0.373 e. The molecule has 0 aromatic carbocycles. The summed E-state index contributed by atoms with van der Waals surface area (Å²) in [5.41, 5.74) is -0.258. The van der Waals surface area contributed by atoms with Crippen LogP contribution in [0.4, 0.5) is 11.5 Å². The normalized spacial score (nSPS) is 10.4. The third kappa shape index (κ3) is 3.91. The van der Waals surface area contributed by atoms with E-state index in [9.17, 15) is 14.9 Å². The summed E-state index contributed by atoms with van der Waals surface area (Å²) in [4.78, 5) is 26.3. The molecule has 7 nitrogen and oxygen atoms in total. The van der Waals surface area contributed by atoms with Crippen molar-refractivity contribution in [1.82, 2.24) is 10.3 Å². The first kappa shape index (κ1) is 15.9. The number of nitrogens with zero attached hydrogens (tertiary/aromatic N) is 2. The number of carbonyl (C=O) groups is 1. The molecule has 0 fully saturated rings. The van der Waals surface area contributed by atoms with Gasteiger partial charge >= 0.3 is 0 Å². The van der Waals surface area contributed by atoms with E-state index in [1.54, 1.807) is 7.05 Å². The second-order valence-corrected chi connectivity index (χ2v) is 4.49. The van der Waals surface area contributed by atoms with Crippen LogP contribution in [-0.4, -0.2) is 29.4 Å². The molecule has 0 unspecified atom stereocenters. The molecule has 0 saturated heterocycles. The lowest BCUT2D eigenvalue weighted by Gasteiger charge is -2.13. The van der Waals surface area contributed by atoms with Crippen LogP contribution in [0.25, 0.3) is 0 Å². The standard InChI is InChI=1S/C13H20N4O3/c1-4-9(5-2)7-16-13(18)10-6-12(14-3)15-8-11(10)17(19)20/h6,8-9H,4-5,7H2,1-3H3,(H,14,15)(H,16,18). The van der Waals surface area contributed by atoms with Crippen LogP contribution in [0.3, 0.4) is 0 Å². The number of nitro groups is 1. The van der Waals surface area contributed by atoms with Crippen molar-refractivity contribution in [2.24, 2.45) is 5.92 Å². The highest BCUT2D eigenvalue weighted by Crippen LogP contribution is 2.20. The predicted molar refractivity (Wildman–Crippen MR) is 76.8 cm³/mol. The molecule has 1 rings (SSSR count). The number of amides is 1. The van der Waals surface area contributed by atoms with E-state index in [0.29, 0.717) is 18.3 Å². The van der Waals surface area contributed by atoms with E-state index in [2.05, 4.69) is 15.6 Å². The van der Waals surface area contributed by atoms with Gasteiger partial charge in [0.05, 0.1) is 4.92 Å². The summed E-state index contributed by atoms with van der Waals surface area (Å²) in [7, 11) is 1.64. The molecule has 0 radical (unpaired) electrons. The summed E-state index contributed by atoms with van der Waals surface area (Å²) in [5.74, 6) is 0.356. The Labute approximate surface area is 117 Å². The van der Waals surface area contributed by atoms with Gasteiger partial charge in [0.2, 0.25) is 0 Å². The third-order valence-electron chi connectivity index (χ3n) is 3.29. The quantitative estimate of drug-likeness (QED) is 0.589. The number of nitrogens with one attached hydrogen (secondary N) is 2. The molecular weight excluding hydrogens is 260 g/mol. The van der Waals surface area contributed by atoms with Crippen molar-refractivity contribution in [3.05, 3.63) is 27.9 Å². The summed E-state index contributed by atoms with van der Waals surface area (Å²) in [6, 6.07) is 1.39. The van der Waals surface area contributed by atoms with Gasteiger partial charge in [-0.2, -0.15) is 0 Å². The molecule has 2 N–H and O–H groups in total. The van der Waals surface area contributed by atoms with Gasteiger partial charge in [-0.25, -0.2) is 4.98 Å². The Bertz CT molecular complexity index is 487. The van der Waals surface area contributed by atoms with Crippen molar-refractivity contribution in [3.8, 4) is 0 Å². The van der Waals surface area contributed by atoms with Crippen LogP contribution in [0, 0.1) is 16.0 Å². The second-order valence-electron chi connectivity index (χ2n) is 4.49. The van der Waals surface area contributed by atoms with Crippen molar-refractivity contribution in [1.29, 1.82) is 0 Å². The van der Waals surface area contributed by atoms with Crippen molar-refractivity contribution in [3.63, 3.8) is 0 Å². The van der Waals surface area contributed by atoms with Crippen LogP contribution in [0.2, 0.25) is 0 Å². The van der Waals surface area contributed by atoms with Gasteiger partial charge in [-0.3, -0.25) is 14.9 Å². The Balaban J connectivity index is 2.92. The van der Waals surface area contributed by atoms with E-state index in [-0.39, 0.29) is 11.3 Å². The monoisotopic (exact) mass is 280 g/mol. The van der Waals surface area contributed by atoms with Gasteiger partial charge in [0.25, 0.3) is 11.6 Å². The number of pyridine rings is 1. The Morgan fingerprint density at radius 2 is 2.10 bits per heavy atom. The molecule has 0 saturated carbocycles. The largest absolute Gasteiger partial charge is 0.373 e. The minimum atomic E-state index is -0.599. The van der Waals surface area contributed by atoms with Gasteiger partial charge in [-0.05, 0) is 5.92 Å². The van der Waals surface area contributed by atoms with E-state index in [0.717, 1.165) is 19.0 Å². The molecule has 0 spiro atoms. The van der Waals surface area contributed by atoms with Crippen LogP contribution in [0.15, 0.2) is 12.3 Å². The Kier molecular flexibility index (Phi) is 5.89. The molecule has 1 aromatic heterocycles. The molecular formula is C13H20N4O3. The van der Waals surface area contributed by atoms with Gasteiger partial charge in [-0.15, -0.1) is 0 Å². The van der Waals surface area contributed by atoms with E-state index < -0.39 is 10.8 Å². The number of aromatic nitrogens is 1. The number of rotatable bonds is 7. The molecule has 1 heterocycles. The number of hydrogen-bond acceptors (Lipinski definition) is 5. The summed E-state index contributed by atoms with van der Waals surface area (Å²) in [5, 5.41) is 16.5. The van der Waals surface area contributed by atoms with E-state index in [1.807, 2.05) is 13.8 Å². The molecule has 0 aliphatic carbocycles. The molecule has 0 atom stereocenters. The zero-order valence-electron chi connectivity index (χ0n) is 12.0. The first-order valence-corrected chi connectivity index (χ1v) is 6.63. The fourth-order valence-electron chi connectivity index (χ4n) is 1.82. The number of hydrogen-bond donors (Lipinski definition) is 2. The Morgan fingerprint density at radius 3 is 2.60 bits per heavy atom. The SMILES string of the molecule is CCC(CC)CNC(=O)c1cc(NC)ncc1[N+](=O)[O-]. The fourth-order valence-corrected chi connectivity index (χ4v) is 1.82. The van der Waals surface area contributed by atoms with Crippen molar-refractivity contribution >= 4 is 17.4 Å². The summed E-state index contributed by atoms with van der Waals surface area (Å²) in [6.07, 6.45) is 3.01. The maximum Gasteiger partial charge on any atom is 0.300 e. The smallest absolute Gasteiger partial charge is 0.300 e. The van der Waals surface area contributed by atoms with Crippen molar-refractivity contribution in [2.45, 2.75) is 26.7 Å². The third-order valence-corrected chi connectivity index (χ3v) is 3.29. The van der Waals surface area contributed by atoms with E-state index in [4.69, 9.17) is 0 Å². The number of anilines is 1. The molecule has 1 amide bonds. The summed E-state index contributed by atoms with van der Waals surface area (Å²) >= 11 is 0. The lowest BCUT2D eigenvalue weighted by molar-refractivity contribution is -0.385. The van der Waals surface area contributed by atoms with Crippen LogP contribution in [0.5, 0.6) is 0 Å². The molecule has 20 heavy (non-hydrogen) atoms. The zero-order valence-corrected chi connectivity index (χ0v) is 12.0. The van der Waals surface area contributed by atoms with Crippen LogP contribution in [-0.2, 0) is 0 Å². The first-order valence-electron chi connectivity index (χ1n) is 6.63. The predicted octanol–water partition coefficient (Wildman–Crippen LogP) is 2.20.